The molecule has 1 unspecified atom stereocenters. The van der Waals surface area contributed by atoms with Crippen molar-refractivity contribution in [2.24, 2.45) is 5.41 Å². The van der Waals surface area contributed by atoms with E-state index in [-0.39, 0.29) is 43.1 Å². The van der Waals surface area contributed by atoms with Gasteiger partial charge in [0.15, 0.2) is 5.82 Å². The lowest BCUT2D eigenvalue weighted by molar-refractivity contribution is -0.144. The Balaban J connectivity index is 0.932. The number of piperazine rings is 1. The molecule has 7 rings (SSSR count). The summed E-state index contributed by atoms with van der Waals surface area (Å²) in [7, 11) is 0. The third kappa shape index (κ3) is 9.43. The first-order valence-corrected chi connectivity index (χ1v) is 21.1. The number of aryl methyl sites for hydroxylation is 1. The fourth-order valence-corrected chi connectivity index (χ4v) is 8.71. The molecule has 0 spiro atoms. The fraction of sp³-hybridized carbons (Fsp3) is 0.378. The highest BCUT2D eigenvalue weighted by Gasteiger charge is 2.45. The lowest BCUT2D eigenvalue weighted by atomic mass is 9.85. The van der Waals surface area contributed by atoms with Crippen LogP contribution in [0.15, 0.2) is 84.4 Å². The van der Waals surface area contributed by atoms with E-state index in [0.29, 0.717) is 48.8 Å². The third-order valence-electron chi connectivity index (χ3n) is 11.3. The van der Waals surface area contributed by atoms with Crippen LogP contribution < -0.4 is 21.3 Å². The van der Waals surface area contributed by atoms with Gasteiger partial charge < -0.3 is 36.4 Å². The van der Waals surface area contributed by atoms with E-state index in [2.05, 4.69) is 35.6 Å². The van der Waals surface area contributed by atoms with Crippen LogP contribution in [0.5, 0.6) is 5.75 Å². The van der Waals surface area contributed by atoms with Gasteiger partial charge in [-0.05, 0) is 66.3 Å². The molecule has 3 aromatic carbocycles. The Labute approximate surface area is 354 Å². The minimum absolute atomic E-state index is 0.00565. The molecule has 4 heterocycles. The summed E-state index contributed by atoms with van der Waals surface area (Å²) in [5.74, 6) is -0.617. The number of phenols is 1. The molecule has 15 heteroatoms. The third-order valence-corrected chi connectivity index (χ3v) is 12.3. The number of benzene rings is 3. The number of aromatic nitrogens is 3. The number of carbonyl (C=O) groups excluding carboxylic acids is 3. The Morgan fingerprint density at radius 2 is 1.60 bits per heavy atom. The van der Waals surface area contributed by atoms with Gasteiger partial charge in [-0.1, -0.05) is 69.3 Å². The van der Waals surface area contributed by atoms with E-state index in [4.69, 9.17) is 5.73 Å². The number of nitrogens with one attached hydrogen (secondary N) is 2. The molecule has 2 aliphatic rings. The number of nitrogens with two attached hydrogens (primary N) is 1. The summed E-state index contributed by atoms with van der Waals surface area (Å²) in [4.78, 5) is 52.7. The van der Waals surface area contributed by atoms with Crippen molar-refractivity contribution in [1.82, 2.24) is 35.6 Å². The first-order valence-electron chi connectivity index (χ1n) is 20.2. The number of carbonyl (C=O) groups is 3. The molecule has 2 aromatic heterocycles. The molecule has 2 aliphatic heterocycles. The Bertz CT molecular complexity index is 2320. The number of amides is 3. The number of rotatable bonds is 11. The van der Waals surface area contributed by atoms with Crippen molar-refractivity contribution in [2.75, 3.05) is 49.9 Å². The summed E-state index contributed by atoms with van der Waals surface area (Å²) < 4.78 is 0. The molecule has 5 aromatic rings. The van der Waals surface area contributed by atoms with E-state index < -0.39 is 29.5 Å². The van der Waals surface area contributed by atoms with Gasteiger partial charge in [-0.25, -0.2) is 4.98 Å². The van der Waals surface area contributed by atoms with E-state index in [1.807, 2.05) is 101 Å². The number of hydrogen-bond donors (Lipinski definition) is 5. The summed E-state index contributed by atoms with van der Waals surface area (Å²) in [6, 6.07) is 22.7. The molecule has 14 nitrogen and oxygen atoms in total. The molecule has 0 radical (unpaired) electrons. The zero-order valence-corrected chi connectivity index (χ0v) is 35.4. The van der Waals surface area contributed by atoms with E-state index >= 15 is 0 Å². The number of nitrogens with zero attached hydrogens (tertiary/aromatic N) is 6. The summed E-state index contributed by atoms with van der Waals surface area (Å²) in [6.07, 6.45) is -0.749. The molecule has 2 saturated heterocycles. The van der Waals surface area contributed by atoms with Crippen molar-refractivity contribution in [3.63, 3.8) is 0 Å². The lowest BCUT2D eigenvalue weighted by Crippen LogP contribution is -2.59. The smallest absolute Gasteiger partial charge is 0.246 e. The summed E-state index contributed by atoms with van der Waals surface area (Å²) >= 11 is 1.58. The van der Waals surface area contributed by atoms with Crippen molar-refractivity contribution >= 4 is 40.6 Å². The van der Waals surface area contributed by atoms with Crippen LogP contribution in [0.25, 0.3) is 32.8 Å². The lowest BCUT2D eigenvalue weighted by Gasteiger charge is -2.37. The van der Waals surface area contributed by atoms with E-state index in [1.54, 1.807) is 29.5 Å². The molecule has 6 N–H and O–H groups in total. The first-order chi connectivity index (χ1) is 28.7. The van der Waals surface area contributed by atoms with Crippen LogP contribution in [0.4, 0.5) is 11.5 Å². The Morgan fingerprint density at radius 3 is 2.25 bits per heavy atom. The van der Waals surface area contributed by atoms with Crippen molar-refractivity contribution in [1.29, 1.82) is 0 Å². The van der Waals surface area contributed by atoms with Gasteiger partial charge in [0.1, 0.15) is 17.8 Å². The number of phenolic OH excluding ortho intramolecular Hbond substituents is 1. The molecule has 60 heavy (non-hydrogen) atoms. The molecule has 0 saturated carbocycles. The highest BCUT2D eigenvalue weighted by atomic mass is 32.1. The average Bonchev–Trinajstić information content (AvgIpc) is 3.85. The fourth-order valence-electron chi connectivity index (χ4n) is 7.90. The van der Waals surface area contributed by atoms with Gasteiger partial charge in [-0.3, -0.25) is 19.3 Å². The molecular formula is C45H53N9O5S. The highest BCUT2D eigenvalue weighted by molar-refractivity contribution is 7.13. The van der Waals surface area contributed by atoms with Crippen LogP contribution in [-0.4, -0.2) is 110 Å². The maximum absolute atomic E-state index is 14.2. The number of likely N-dealkylation sites (tertiary alicyclic amines) is 1. The number of thiazole rings is 1. The normalized spacial score (nSPS) is 18.2. The zero-order chi connectivity index (χ0) is 42.7. The Hall–Kier alpha value is -5.90. The topological polar surface area (TPSA) is 190 Å². The number of nitrogen functional groups attached to an aromatic ring is 1. The summed E-state index contributed by atoms with van der Waals surface area (Å²) in [5, 5.41) is 35.4. The quantitative estimate of drug-likeness (QED) is 0.120. The van der Waals surface area contributed by atoms with Gasteiger partial charge in [0.05, 0.1) is 40.5 Å². The number of aliphatic hydroxyl groups excluding tert-OH is 1. The predicted molar refractivity (Wildman–Crippen MR) is 234 cm³/mol. The van der Waals surface area contributed by atoms with Crippen molar-refractivity contribution in [2.45, 2.75) is 65.3 Å². The second kappa shape index (κ2) is 17.8. The molecule has 4 atom stereocenters. The maximum atomic E-state index is 14.2. The van der Waals surface area contributed by atoms with E-state index in [9.17, 15) is 24.6 Å². The largest absolute Gasteiger partial charge is 0.507 e. The predicted octanol–water partition coefficient (Wildman–Crippen LogP) is 5.02. The van der Waals surface area contributed by atoms with Gasteiger partial charge in [0.25, 0.3) is 0 Å². The second-order valence-corrected chi connectivity index (χ2v) is 17.6. The first kappa shape index (κ1) is 42.2. The van der Waals surface area contributed by atoms with Crippen molar-refractivity contribution in [3.8, 4) is 38.6 Å². The van der Waals surface area contributed by atoms with Crippen LogP contribution in [0.2, 0.25) is 0 Å². The second-order valence-electron chi connectivity index (χ2n) is 16.7. The Morgan fingerprint density at radius 1 is 0.917 bits per heavy atom. The molecular weight excluding hydrogens is 779 g/mol. The molecule has 314 valence electrons. The standard InChI is InChI=1S/C45H53N9O5S/c1-27(29-10-12-31(13-11-29)40-28(2)47-26-60-40)48-43(58)37-22-33(55)24-54(37)44(59)41(45(3,4)5)49-39(57)25-52-18-20-53(21-19-52)32-16-14-30(15-17-32)35-23-36(50-51-42(35)46)34-8-6-7-9-38(34)56/h6-17,23,26-27,33,37,41,55-56H,18-22,24-25H2,1-5H3,(H2,46,51)(H,48,58)(H,49,57)/t27-,33+,37-,41?/m0/s1. The number of anilines is 2. The van der Waals surface area contributed by atoms with Crippen LogP contribution in [-0.2, 0) is 14.4 Å². The highest BCUT2D eigenvalue weighted by Crippen LogP contribution is 2.34. The van der Waals surface area contributed by atoms with Gasteiger partial charge in [0, 0.05) is 56.0 Å². The molecule has 0 bridgehead atoms. The van der Waals surface area contributed by atoms with Crippen LogP contribution in [0, 0.1) is 12.3 Å². The molecule has 2 fully saturated rings. The number of β-amino-alcohol motifs (C(OH)–C–C–N with tert-alkyl or cyclic N) is 1. The van der Waals surface area contributed by atoms with Gasteiger partial charge >= 0.3 is 0 Å². The van der Waals surface area contributed by atoms with Crippen LogP contribution in [0.1, 0.15) is 51.4 Å². The Kier molecular flexibility index (Phi) is 12.5. The number of aliphatic hydroxyl groups is 1. The maximum Gasteiger partial charge on any atom is 0.246 e. The number of para-hydroxylation sites is 1. The minimum Gasteiger partial charge on any atom is -0.507 e. The van der Waals surface area contributed by atoms with Gasteiger partial charge in [0.2, 0.25) is 17.7 Å². The summed E-state index contributed by atoms with van der Waals surface area (Å²) in [5.41, 5.74) is 14.0. The SMILES string of the molecule is Cc1ncsc1-c1ccc([C@H](C)NC(=O)[C@@H]2C[C@@H](O)CN2C(=O)C(NC(=O)CN2CCN(c3ccc(-c4cc(-c5ccccc5O)nnc4N)cc3)CC2)C(C)(C)C)cc1. The minimum atomic E-state index is -0.912. The molecule has 3 amide bonds. The van der Waals surface area contributed by atoms with Crippen LogP contribution >= 0.6 is 11.3 Å². The van der Waals surface area contributed by atoms with Gasteiger partial charge in [-0.15, -0.1) is 21.5 Å². The summed E-state index contributed by atoms with van der Waals surface area (Å²) in [6.45, 7) is 12.3. The van der Waals surface area contributed by atoms with Crippen LogP contribution in [0.3, 0.4) is 0 Å². The monoisotopic (exact) mass is 831 g/mol. The zero-order valence-electron chi connectivity index (χ0n) is 34.6. The van der Waals surface area contributed by atoms with E-state index in [1.165, 1.54) is 4.90 Å². The number of aromatic hydroxyl groups is 1. The average molecular weight is 832 g/mol. The van der Waals surface area contributed by atoms with Crippen molar-refractivity contribution in [3.05, 3.63) is 95.6 Å². The number of hydrogen-bond acceptors (Lipinski definition) is 12. The van der Waals surface area contributed by atoms with Crippen molar-refractivity contribution < 1.29 is 24.6 Å². The van der Waals surface area contributed by atoms with Gasteiger partial charge in [-0.2, -0.15) is 0 Å². The molecule has 0 aliphatic carbocycles. The van der Waals surface area contributed by atoms with E-state index in [0.717, 1.165) is 32.9 Å².